The Morgan fingerprint density at radius 2 is 1.52 bits per heavy atom. The number of hydrogen-bond donors (Lipinski definition) is 1. The van der Waals surface area contributed by atoms with Gasteiger partial charge < -0.3 is 9.84 Å². The Morgan fingerprint density at radius 1 is 0.952 bits per heavy atom. The van der Waals surface area contributed by atoms with Gasteiger partial charge in [-0.15, -0.1) is 0 Å². The molecule has 0 amide bonds. The number of methoxy groups -OCH3 is 1. The molecule has 0 spiro atoms. The maximum Gasteiger partial charge on any atom is 0.118 e. The third kappa shape index (κ3) is 3.45. The zero-order valence-electron chi connectivity index (χ0n) is 13.5. The Morgan fingerprint density at radius 3 is 2.10 bits per heavy atom. The first kappa shape index (κ1) is 15.6. The summed E-state index contributed by atoms with van der Waals surface area (Å²) in [5, 5.41) is 10.9. The van der Waals surface area contributed by atoms with Crippen molar-refractivity contribution in [1.82, 2.24) is 0 Å². The summed E-state index contributed by atoms with van der Waals surface area (Å²) in [6.45, 7) is 8.13. The second-order valence-corrected chi connectivity index (χ2v) is 6.05. The topological polar surface area (TPSA) is 29.5 Å². The lowest BCUT2D eigenvalue weighted by molar-refractivity contribution is 0.0569. The van der Waals surface area contributed by atoms with E-state index in [1.54, 1.807) is 7.11 Å². The molecular weight excluding hydrogens is 260 g/mol. The Balaban J connectivity index is 2.30. The largest absolute Gasteiger partial charge is 0.497 e. The van der Waals surface area contributed by atoms with E-state index >= 15 is 0 Å². The second-order valence-electron chi connectivity index (χ2n) is 6.05. The van der Waals surface area contributed by atoms with Gasteiger partial charge in [0.2, 0.25) is 0 Å². The van der Waals surface area contributed by atoms with E-state index in [0.717, 1.165) is 22.4 Å². The fourth-order valence-electron chi connectivity index (χ4n) is 2.78. The first-order valence-corrected chi connectivity index (χ1v) is 7.27. The summed E-state index contributed by atoms with van der Waals surface area (Å²) in [4.78, 5) is 0. The predicted molar refractivity (Wildman–Crippen MR) is 86.9 cm³/mol. The third-order valence-electron chi connectivity index (χ3n) is 4.13. The van der Waals surface area contributed by atoms with Gasteiger partial charge in [0, 0.05) is 6.42 Å². The van der Waals surface area contributed by atoms with Crippen molar-refractivity contribution in [1.29, 1.82) is 0 Å². The summed E-state index contributed by atoms with van der Waals surface area (Å²) < 4.78 is 5.17. The quantitative estimate of drug-likeness (QED) is 0.917. The van der Waals surface area contributed by atoms with Gasteiger partial charge in [0.25, 0.3) is 0 Å². The Kier molecular flexibility index (Phi) is 4.38. The van der Waals surface area contributed by atoms with Gasteiger partial charge in [-0.2, -0.15) is 0 Å². The van der Waals surface area contributed by atoms with Gasteiger partial charge in [-0.1, -0.05) is 24.3 Å². The Bertz CT molecular complexity index is 625. The average Bonchev–Trinajstić information content (AvgIpc) is 2.43. The van der Waals surface area contributed by atoms with Gasteiger partial charge in [-0.25, -0.2) is 0 Å². The minimum atomic E-state index is -0.878. The molecule has 0 aromatic heterocycles. The first-order valence-electron chi connectivity index (χ1n) is 7.27. The second kappa shape index (κ2) is 5.90. The molecule has 21 heavy (non-hydrogen) atoms. The number of aliphatic hydroxyl groups is 1. The maximum absolute atomic E-state index is 10.9. The van der Waals surface area contributed by atoms with Crippen molar-refractivity contribution < 1.29 is 9.84 Å². The lowest BCUT2D eigenvalue weighted by Gasteiger charge is -2.27. The van der Waals surface area contributed by atoms with Crippen molar-refractivity contribution >= 4 is 0 Å². The minimum Gasteiger partial charge on any atom is -0.497 e. The number of aryl methyl sites for hydroxylation is 3. The highest BCUT2D eigenvalue weighted by Gasteiger charge is 2.25. The molecule has 0 aliphatic rings. The molecule has 2 rings (SSSR count). The molecule has 2 aromatic carbocycles. The molecule has 2 nitrogen and oxygen atoms in total. The lowest BCUT2D eigenvalue weighted by atomic mass is 9.84. The molecule has 0 aliphatic heterocycles. The zero-order valence-corrected chi connectivity index (χ0v) is 13.5. The molecule has 0 saturated carbocycles. The van der Waals surface area contributed by atoms with Crippen LogP contribution in [0.1, 0.15) is 34.7 Å². The molecule has 1 atom stereocenters. The number of benzene rings is 2. The minimum absolute atomic E-state index is 0.584. The smallest absolute Gasteiger partial charge is 0.118 e. The van der Waals surface area contributed by atoms with Crippen LogP contribution in [0.3, 0.4) is 0 Å². The van der Waals surface area contributed by atoms with Crippen LogP contribution in [-0.2, 0) is 12.0 Å². The van der Waals surface area contributed by atoms with Crippen LogP contribution in [0.4, 0.5) is 0 Å². The summed E-state index contributed by atoms with van der Waals surface area (Å²) in [7, 11) is 1.66. The molecule has 0 bridgehead atoms. The summed E-state index contributed by atoms with van der Waals surface area (Å²) in [5.74, 6) is 0.834. The monoisotopic (exact) mass is 284 g/mol. The van der Waals surface area contributed by atoms with E-state index in [9.17, 15) is 5.11 Å². The normalized spacial score (nSPS) is 13.8. The van der Waals surface area contributed by atoms with E-state index < -0.39 is 5.60 Å². The lowest BCUT2D eigenvalue weighted by Crippen LogP contribution is -2.25. The van der Waals surface area contributed by atoms with Crippen molar-refractivity contribution in [3.63, 3.8) is 0 Å². The summed E-state index contributed by atoms with van der Waals surface area (Å²) in [5.41, 5.74) is 4.83. The number of ether oxygens (including phenoxy) is 1. The summed E-state index contributed by atoms with van der Waals surface area (Å²) in [6, 6.07) is 12.1. The molecule has 0 aliphatic carbocycles. The van der Waals surface area contributed by atoms with E-state index in [1.165, 1.54) is 11.1 Å². The zero-order chi connectivity index (χ0) is 15.6. The van der Waals surface area contributed by atoms with Crippen molar-refractivity contribution in [2.75, 3.05) is 7.11 Å². The van der Waals surface area contributed by atoms with Crippen LogP contribution in [0.15, 0.2) is 36.4 Å². The Hall–Kier alpha value is -1.80. The molecule has 1 unspecified atom stereocenters. The fraction of sp³-hybridized carbons (Fsp3) is 0.368. The maximum atomic E-state index is 10.9. The van der Waals surface area contributed by atoms with Gasteiger partial charge in [0.15, 0.2) is 0 Å². The van der Waals surface area contributed by atoms with E-state index in [4.69, 9.17) is 4.74 Å². The average molecular weight is 284 g/mol. The fourth-order valence-corrected chi connectivity index (χ4v) is 2.78. The van der Waals surface area contributed by atoms with Crippen molar-refractivity contribution in [2.24, 2.45) is 0 Å². The molecule has 2 heteroatoms. The van der Waals surface area contributed by atoms with E-state index in [1.807, 2.05) is 31.2 Å². The highest BCUT2D eigenvalue weighted by atomic mass is 16.5. The molecule has 0 heterocycles. The SMILES string of the molecule is COc1ccc(CC(C)(O)c2cc(C)c(C)cc2C)cc1. The van der Waals surface area contributed by atoms with Crippen LogP contribution < -0.4 is 4.74 Å². The third-order valence-corrected chi connectivity index (χ3v) is 4.13. The van der Waals surface area contributed by atoms with Crippen LogP contribution in [0, 0.1) is 20.8 Å². The van der Waals surface area contributed by atoms with Crippen molar-refractivity contribution in [2.45, 2.75) is 39.7 Å². The van der Waals surface area contributed by atoms with Crippen molar-refractivity contribution in [3.8, 4) is 5.75 Å². The molecule has 112 valence electrons. The highest BCUT2D eigenvalue weighted by Crippen LogP contribution is 2.30. The van der Waals surface area contributed by atoms with Crippen LogP contribution in [0.2, 0.25) is 0 Å². The molecule has 0 saturated heterocycles. The van der Waals surface area contributed by atoms with Gasteiger partial charge in [-0.05, 0) is 67.6 Å². The van der Waals surface area contributed by atoms with Gasteiger partial charge in [0.05, 0.1) is 12.7 Å². The van der Waals surface area contributed by atoms with Crippen LogP contribution in [-0.4, -0.2) is 12.2 Å². The van der Waals surface area contributed by atoms with Crippen LogP contribution in [0.25, 0.3) is 0 Å². The van der Waals surface area contributed by atoms with Gasteiger partial charge >= 0.3 is 0 Å². The Labute approximate surface area is 127 Å². The van der Waals surface area contributed by atoms with Gasteiger partial charge in [-0.3, -0.25) is 0 Å². The highest BCUT2D eigenvalue weighted by molar-refractivity contribution is 5.40. The van der Waals surface area contributed by atoms with E-state index in [2.05, 4.69) is 32.9 Å². The predicted octanol–water partition coefficient (Wildman–Crippen LogP) is 4.07. The molecule has 1 N–H and O–H groups in total. The molecule has 0 radical (unpaired) electrons. The van der Waals surface area contributed by atoms with E-state index in [-0.39, 0.29) is 0 Å². The molecule has 0 fully saturated rings. The van der Waals surface area contributed by atoms with Crippen LogP contribution in [0.5, 0.6) is 5.75 Å². The van der Waals surface area contributed by atoms with Crippen LogP contribution >= 0.6 is 0 Å². The first-order chi connectivity index (χ1) is 9.83. The number of rotatable bonds is 4. The standard InChI is InChI=1S/C19H24O2/c1-13-10-15(3)18(11-14(13)2)19(4,20)12-16-6-8-17(21-5)9-7-16/h6-11,20H,12H2,1-5H3. The molecular formula is C19H24O2. The summed E-state index contributed by atoms with van der Waals surface area (Å²) >= 11 is 0. The van der Waals surface area contributed by atoms with E-state index in [0.29, 0.717) is 6.42 Å². The van der Waals surface area contributed by atoms with Crippen molar-refractivity contribution in [3.05, 3.63) is 64.2 Å². The summed E-state index contributed by atoms with van der Waals surface area (Å²) in [6.07, 6.45) is 0.584. The number of hydrogen-bond acceptors (Lipinski definition) is 2. The van der Waals surface area contributed by atoms with Gasteiger partial charge in [0.1, 0.15) is 5.75 Å². The molecule has 2 aromatic rings.